The first-order valence-electron chi connectivity index (χ1n) is 12.3. The SMILES string of the molecule is CCOc1ncnc(C2CC2)c1-c1ncc2[nH]cc(Cc3ccc(-c4nc(C(F)(F)F)cn4C)cc3)c2n1. The predicted molar refractivity (Wildman–Crippen MR) is 135 cm³/mol. The summed E-state index contributed by atoms with van der Waals surface area (Å²) in [5, 5.41) is 0. The van der Waals surface area contributed by atoms with E-state index in [2.05, 4.69) is 24.9 Å². The fourth-order valence-corrected chi connectivity index (χ4v) is 4.59. The summed E-state index contributed by atoms with van der Waals surface area (Å²) in [5.74, 6) is 1.63. The number of ether oxygens (including phenoxy) is 1. The zero-order chi connectivity index (χ0) is 26.4. The van der Waals surface area contributed by atoms with Gasteiger partial charge >= 0.3 is 6.18 Å². The lowest BCUT2D eigenvalue weighted by molar-refractivity contribution is -0.140. The lowest BCUT2D eigenvalue weighted by Gasteiger charge is -2.12. The number of aryl methyl sites for hydroxylation is 1. The Kier molecular flexibility index (Phi) is 5.85. The molecule has 0 amide bonds. The highest BCUT2D eigenvalue weighted by molar-refractivity contribution is 5.81. The van der Waals surface area contributed by atoms with Gasteiger partial charge in [-0.2, -0.15) is 13.2 Å². The van der Waals surface area contributed by atoms with Crippen LogP contribution in [0.2, 0.25) is 0 Å². The number of fused-ring (bicyclic) bond motifs is 1. The maximum absolute atomic E-state index is 13.1. The third-order valence-electron chi connectivity index (χ3n) is 6.58. The first kappa shape index (κ1) is 24.1. The molecule has 8 nitrogen and oxygen atoms in total. The lowest BCUT2D eigenvalue weighted by Crippen LogP contribution is -2.04. The maximum Gasteiger partial charge on any atom is 0.434 e. The van der Waals surface area contributed by atoms with Gasteiger partial charge < -0.3 is 14.3 Å². The van der Waals surface area contributed by atoms with E-state index in [1.807, 2.05) is 25.3 Å². The van der Waals surface area contributed by atoms with Crippen LogP contribution >= 0.6 is 0 Å². The number of nitrogens with one attached hydrogen (secondary N) is 1. The summed E-state index contributed by atoms with van der Waals surface area (Å²) in [6.07, 6.45) is 4.40. The minimum absolute atomic E-state index is 0.259. The second-order valence-corrected chi connectivity index (χ2v) is 9.35. The van der Waals surface area contributed by atoms with Crippen molar-refractivity contribution in [3.05, 3.63) is 71.7 Å². The van der Waals surface area contributed by atoms with Gasteiger partial charge in [-0.1, -0.05) is 24.3 Å². The summed E-state index contributed by atoms with van der Waals surface area (Å²) in [4.78, 5) is 25.4. The molecule has 4 aromatic heterocycles. The van der Waals surface area contributed by atoms with Crippen LogP contribution < -0.4 is 4.74 Å². The van der Waals surface area contributed by atoms with E-state index in [4.69, 9.17) is 9.72 Å². The second kappa shape index (κ2) is 9.23. The van der Waals surface area contributed by atoms with Crippen molar-refractivity contribution in [3.63, 3.8) is 0 Å². The summed E-state index contributed by atoms with van der Waals surface area (Å²) in [5.41, 5.74) is 4.89. The predicted octanol–water partition coefficient (Wildman–Crippen LogP) is 5.70. The third-order valence-corrected chi connectivity index (χ3v) is 6.58. The summed E-state index contributed by atoms with van der Waals surface area (Å²) < 4.78 is 46.4. The fourth-order valence-electron chi connectivity index (χ4n) is 4.59. The molecule has 0 spiro atoms. The largest absolute Gasteiger partial charge is 0.477 e. The number of rotatable bonds is 7. The molecule has 11 heteroatoms. The molecular formula is C27H24F3N7O. The first-order chi connectivity index (χ1) is 18.3. The molecule has 0 unspecified atom stereocenters. The molecule has 38 heavy (non-hydrogen) atoms. The van der Waals surface area contributed by atoms with Gasteiger partial charge in [0.2, 0.25) is 5.88 Å². The summed E-state index contributed by atoms with van der Waals surface area (Å²) >= 11 is 0. The molecule has 194 valence electrons. The van der Waals surface area contributed by atoms with Gasteiger partial charge in [-0.3, -0.25) is 0 Å². The third kappa shape index (κ3) is 4.48. The Labute approximate surface area is 216 Å². The number of aromatic nitrogens is 7. The molecule has 1 fully saturated rings. The van der Waals surface area contributed by atoms with E-state index >= 15 is 0 Å². The maximum atomic E-state index is 13.1. The molecule has 1 aromatic carbocycles. The monoisotopic (exact) mass is 519 g/mol. The minimum Gasteiger partial charge on any atom is -0.477 e. The van der Waals surface area contributed by atoms with Crippen molar-refractivity contribution in [2.45, 2.75) is 38.3 Å². The number of aromatic amines is 1. The molecule has 1 aliphatic carbocycles. The standard InChI is InChI=1S/C27H24F3N7O/c1-3-38-26-21(23(16-8-9-16)33-14-34-26)24-32-12-19-22(36-24)18(11-31-19)10-15-4-6-17(7-5-15)25-35-20(13-37(25)2)27(28,29)30/h4-7,11-14,16,31H,3,8-10H2,1-2H3. The van der Waals surface area contributed by atoms with E-state index in [1.54, 1.807) is 25.4 Å². The van der Waals surface area contributed by atoms with Crippen LogP contribution in [0, 0.1) is 0 Å². The molecule has 1 aliphatic rings. The Balaban J connectivity index is 1.31. The molecule has 0 saturated heterocycles. The number of halogens is 3. The van der Waals surface area contributed by atoms with Crippen LogP contribution in [0.4, 0.5) is 13.2 Å². The normalized spacial score (nSPS) is 13.8. The van der Waals surface area contributed by atoms with Crippen LogP contribution in [0.15, 0.2) is 49.2 Å². The van der Waals surface area contributed by atoms with Gasteiger partial charge in [0, 0.05) is 42.9 Å². The van der Waals surface area contributed by atoms with Crippen molar-refractivity contribution in [1.29, 1.82) is 0 Å². The second-order valence-electron chi connectivity index (χ2n) is 9.35. The van der Waals surface area contributed by atoms with Gasteiger partial charge in [-0.25, -0.2) is 24.9 Å². The number of hydrogen-bond donors (Lipinski definition) is 1. The highest BCUT2D eigenvalue weighted by Crippen LogP contribution is 2.45. The van der Waals surface area contributed by atoms with Crippen LogP contribution in [0.5, 0.6) is 5.88 Å². The molecule has 6 rings (SSSR count). The van der Waals surface area contributed by atoms with Gasteiger partial charge in [-0.05, 0) is 25.3 Å². The van der Waals surface area contributed by atoms with Crippen molar-refractivity contribution in [3.8, 4) is 28.7 Å². The average molecular weight is 520 g/mol. The van der Waals surface area contributed by atoms with Crippen LogP contribution in [0.3, 0.4) is 0 Å². The molecule has 5 aromatic rings. The molecule has 0 aliphatic heterocycles. The van der Waals surface area contributed by atoms with Crippen LogP contribution in [0.1, 0.15) is 48.2 Å². The Morgan fingerprint density at radius 1 is 1.08 bits per heavy atom. The molecular weight excluding hydrogens is 495 g/mol. The van der Waals surface area contributed by atoms with E-state index in [-0.39, 0.29) is 5.82 Å². The van der Waals surface area contributed by atoms with Crippen LogP contribution in [-0.4, -0.2) is 41.1 Å². The Bertz CT molecular complexity index is 1620. The van der Waals surface area contributed by atoms with Gasteiger partial charge in [0.25, 0.3) is 0 Å². The Hall–Kier alpha value is -4.28. The number of nitrogens with zero attached hydrogens (tertiary/aromatic N) is 6. The fraction of sp³-hybridized carbons (Fsp3) is 0.296. The van der Waals surface area contributed by atoms with Crippen molar-refractivity contribution in [2.75, 3.05) is 6.61 Å². The van der Waals surface area contributed by atoms with Gasteiger partial charge in [0.15, 0.2) is 11.5 Å². The Morgan fingerprint density at radius 3 is 2.55 bits per heavy atom. The zero-order valence-electron chi connectivity index (χ0n) is 20.8. The van der Waals surface area contributed by atoms with E-state index < -0.39 is 11.9 Å². The lowest BCUT2D eigenvalue weighted by atomic mass is 10.0. The molecule has 0 atom stereocenters. The minimum atomic E-state index is -4.49. The van der Waals surface area contributed by atoms with Crippen molar-refractivity contribution < 1.29 is 17.9 Å². The number of alkyl halides is 3. The highest BCUT2D eigenvalue weighted by Gasteiger charge is 2.34. The molecule has 1 saturated carbocycles. The Morgan fingerprint density at radius 2 is 1.87 bits per heavy atom. The number of hydrogen-bond acceptors (Lipinski definition) is 6. The van der Waals surface area contributed by atoms with Crippen LogP contribution in [-0.2, 0) is 19.6 Å². The van der Waals surface area contributed by atoms with Gasteiger partial charge in [-0.15, -0.1) is 0 Å². The van der Waals surface area contributed by atoms with Crippen molar-refractivity contribution >= 4 is 11.0 Å². The molecule has 0 bridgehead atoms. The van der Waals surface area contributed by atoms with E-state index in [1.165, 1.54) is 10.9 Å². The van der Waals surface area contributed by atoms with Crippen molar-refractivity contribution in [1.82, 2.24) is 34.5 Å². The summed E-state index contributed by atoms with van der Waals surface area (Å²) in [6.45, 7) is 2.38. The van der Waals surface area contributed by atoms with Crippen molar-refractivity contribution in [2.24, 2.45) is 7.05 Å². The van der Waals surface area contributed by atoms with Gasteiger partial charge in [0.1, 0.15) is 17.7 Å². The summed E-state index contributed by atoms with van der Waals surface area (Å²) in [6, 6.07) is 7.35. The zero-order valence-corrected chi connectivity index (χ0v) is 20.8. The summed E-state index contributed by atoms with van der Waals surface area (Å²) in [7, 11) is 1.55. The smallest absolute Gasteiger partial charge is 0.434 e. The first-order valence-corrected chi connectivity index (χ1v) is 12.3. The topological polar surface area (TPSA) is 94.4 Å². The highest BCUT2D eigenvalue weighted by atomic mass is 19.4. The van der Waals surface area contributed by atoms with Crippen LogP contribution in [0.25, 0.3) is 33.8 Å². The number of benzene rings is 1. The van der Waals surface area contributed by atoms with E-state index in [0.717, 1.165) is 52.5 Å². The van der Waals surface area contributed by atoms with Gasteiger partial charge in [0.05, 0.1) is 29.5 Å². The number of H-pyrrole nitrogens is 1. The van der Waals surface area contributed by atoms with E-state index in [9.17, 15) is 13.2 Å². The molecule has 0 radical (unpaired) electrons. The van der Waals surface area contributed by atoms with E-state index in [0.29, 0.717) is 36.2 Å². The molecule has 1 N–H and O–H groups in total. The quantitative estimate of drug-likeness (QED) is 0.296. The number of imidazole rings is 1. The average Bonchev–Trinajstić information content (AvgIpc) is 3.56. The molecule has 4 heterocycles.